The lowest BCUT2D eigenvalue weighted by atomic mass is 10.0. The van der Waals surface area contributed by atoms with Gasteiger partial charge in [0.2, 0.25) is 0 Å². The molecular formula is C21H38IN7. The number of halogens is 1. The number of nitrogens with zero attached hydrogens (tertiary/aromatic N) is 5. The Hall–Kier alpha value is -1.13. The van der Waals surface area contributed by atoms with E-state index in [-0.39, 0.29) is 24.0 Å². The normalized spacial score (nSPS) is 19.9. The molecule has 3 rings (SSSR count). The molecule has 7 nitrogen and oxygen atoms in total. The van der Waals surface area contributed by atoms with E-state index in [4.69, 9.17) is 0 Å². The van der Waals surface area contributed by atoms with Gasteiger partial charge in [-0.2, -0.15) is 0 Å². The van der Waals surface area contributed by atoms with Gasteiger partial charge >= 0.3 is 0 Å². The first-order valence-electron chi connectivity index (χ1n) is 10.6. The molecule has 0 unspecified atom stereocenters. The second-order valence-corrected chi connectivity index (χ2v) is 8.29. The van der Waals surface area contributed by atoms with Gasteiger partial charge in [-0.25, -0.2) is 4.98 Å². The summed E-state index contributed by atoms with van der Waals surface area (Å²) in [6.45, 7) is 11.9. The summed E-state index contributed by atoms with van der Waals surface area (Å²) in [6.07, 6.45) is 4.26. The monoisotopic (exact) mass is 515 g/mol. The summed E-state index contributed by atoms with van der Waals surface area (Å²) in [5, 5.41) is 7.07. The van der Waals surface area contributed by atoms with Crippen LogP contribution >= 0.6 is 24.0 Å². The summed E-state index contributed by atoms with van der Waals surface area (Å²) in [7, 11) is 4.02. The minimum Gasteiger partial charge on any atom is -0.354 e. The molecule has 0 atom stereocenters. The number of rotatable bonds is 5. The van der Waals surface area contributed by atoms with Crippen molar-refractivity contribution < 1.29 is 0 Å². The topological polar surface area (TPSA) is 59.0 Å². The Kier molecular flexibility index (Phi) is 9.91. The van der Waals surface area contributed by atoms with Crippen LogP contribution in [0, 0.1) is 0 Å². The first-order valence-corrected chi connectivity index (χ1v) is 10.6. The van der Waals surface area contributed by atoms with Gasteiger partial charge in [-0.15, -0.1) is 24.0 Å². The standard InChI is InChI=1S/C21H37N7.HI/c1-17(2)27-9-6-19(7-10-27)25-21(22-3)24-16-18-5-8-23-20(15-18)28-13-11-26(4)12-14-28;/h5,8,15,17,19H,6-7,9-14,16H2,1-4H3,(H2,22,24,25);1H. The second kappa shape index (κ2) is 11.9. The smallest absolute Gasteiger partial charge is 0.191 e. The highest BCUT2D eigenvalue weighted by Gasteiger charge is 2.21. The number of aliphatic imine (C=N–C) groups is 1. The van der Waals surface area contributed by atoms with E-state index in [0.29, 0.717) is 12.1 Å². The molecule has 2 N–H and O–H groups in total. The van der Waals surface area contributed by atoms with Crippen molar-refractivity contribution in [3.05, 3.63) is 23.9 Å². The number of likely N-dealkylation sites (tertiary alicyclic amines) is 1. The van der Waals surface area contributed by atoms with Crippen molar-refractivity contribution in [3.8, 4) is 0 Å². The lowest BCUT2D eigenvalue weighted by Crippen LogP contribution is -2.49. The van der Waals surface area contributed by atoms with E-state index in [2.05, 4.69) is 68.3 Å². The van der Waals surface area contributed by atoms with Crippen LogP contribution < -0.4 is 15.5 Å². The van der Waals surface area contributed by atoms with Crippen LogP contribution in [-0.2, 0) is 6.54 Å². The highest BCUT2D eigenvalue weighted by atomic mass is 127. The molecule has 3 heterocycles. The van der Waals surface area contributed by atoms with E-state index in [1.807, 2.05) is 13.2 Å². The van der Waals surface area contributed by atoms with E-state index in [0.717, 1.165) is 57.6 Å². The first-order chi connectivity index (χ1) is 13.5. The molecule has 8 heteroatoms. The zero-order valence-corrected chi connectivity index (χ0v) is 20.7. The van der Waals surface area contributed by atoms with Crippen LogP contribution in [0.2, 0.25) is 0 Å². The molecular weight excluding hydrogens is 477 g/mol. The number of aromatic nitrogens is 1. The molecule has 164 valence electrons. The number of guanidine groups is 1. The molecule has 29 heavy (non-hydrogen) atoms. The minimum atomic E-state index is 0. The maximum Gasteiger partial charge on any atom is 0.191 e. The number of pyridine rings is 1. The average molecular weight is 515 g/mol. The molecule has 0 aliphatic carbocycles. The van der Waals surface area contributed by atoms with Gasteiger partial charge in [0, 0.05) is 71.1 Å². The summed E-state index contributed by atoms with van der Waals surface area (Å²) >= 11 is 0. The molecule has 0 bridgehead atoms. The Morgan fingerprint density at radius 2 is 1.86 bits per heavy atom. The highest BCUT2D eigenvalue weighted by molar-refractivity contribution is 14.0. The van der Waals surface area contributed by atoms with Crippen molar-refractivity contribution in [3.63, 3.8) is 0 Å². The summed E-state index contributed by atoms with van der Waals surface area (Å²) in [4.78, 5) is 16.3. The van der Waals surface area contributed by atoms with Crippen LogP contribution in [0.15, 0.2) is 23.3 Å². The Balaban J connectivity index is 0.00000300. The number of piperidine rings is 1. The first kappa shape index (κ1) is 24.1. The maximum absolute atomic E-state index is 4.58. The number of piperazine rings is 1. The van der Waals surface area contributed by atoms with Crippen LogP contribution in [0.4, 0.5) is 5.82 Å². The van der Waals surface area contributed by atoms with Crippen LogP contribution in [-0.4, -0.2) is 86.2 Å². The van der Waals surface area contributed by atoms with Gasteiger partial charge < -0.3 is 25.3 Å². The zero-order chi connectivity index (χ0) is 19.9. The average Bonchev–Trinajstić information content (AvgIpc) is 2.72. The van der Waals surface area contributed by atoms with Gasteiger partial charge in [0.25, 0.3) is 0 Å². The van der Waals surface area contributed by atoms with E-state index in [1.54, 1.807) is 0 Å². The van der Waals surface area contributed by atoms with Gasteiger partial charge in [-0.3, -0.25) is 4.99 Å². The Morgan fingerprint density at radius 1 is 1.17 bits per heavy atom. The van der Waals surface area contributed by atoms with E-state index in [1.165, 1.54) is 18.4 Å². The van der Waals surface area contributed by atoms with Crippen molar-refractivity contribution >= 4 is 35.8 Å². The quantitative estimate of drug-likeness (QED) is 0.356. The molecule has 0 radical (unpaired) electrons. The van der Waals surface area contributed by atoms with Crippen molar-refractivity contribution in [2.45, 2.75) is 45.3 Å². The minimum absolute atomic E-state index is 0. The molecule has 2 saturated heterocycles. The second-order valence-electron chi connectivity index (χ2n) is 8.29. The molecule has 1 aromatic heterocycles. The SMILES string of the molecule is CN=C(NCc1ccnc(N2CCN(C)CC2)c1)NC1CCN(C(C)C)CC1.I. The Labute approximate surface area is 193 Å². The van der Waals surface area contributed by atoms with Crippen LogP contribution in [0.3, 0.4) is 0 Å². The third-order valence-corrected chi connectivity index (χ3v) is 5.92. The zero-order valence-electron chi connectivity index (χ0n) is 18.4. The Morgan fingerprint density at radius 3 is 2.48 bits per heavy atom. The summed E-state index contributed by atoms with van der Waals surface area (Å²) in [5.41, 5.74) is 1.24. The summed E-state index contributed by atoms with van der Waals surface area (Å²) in [5.74, 6) is 1.97. The van der Waals surface area contributed by atoms with Crippen LogP contribution in [0.1, 0.15) is 32.3 Å². The summed E-state index contributed by atoms with van der Waals surface area (Å²) in [6, 6.07) is 5.42. The molecule has 1 aromatic rings. The lowest BCUT2D eigenvalue weighted by molar-refractivity contribution is 0.167. The fourth-order valence-electron chi connectivity index (χ4n) is 3.91. The molecule has 0 saturated carbocycles. The highest BCUT2D eigenvalue weighted by Crippen LogP contribution is 2.15. The third kappa shape index (κ3) is 7.25. The predicted octanol–water partition coefficient (Wildman–Crippen LogP) is 1.99. The maximum atomic E-state index is 4.58. The van der Waals surface area contributed by atoms with Crippen LogP contribution in [0.5, 0.6) is 0 Å². The van der Waals surface area contributed by atoms with Gasteiger partial charge in [-0.05, 0) is 51.4 Å². The van der Waals surface area contributed by atoms with E-state index < -0.39 is 0 Å². The van der Waals surface area contributed by atoms with Gasteiger partial charge in [0.05, 0.1) is 0 Å². The molecule has 0 spiro atoms. The fourth-order valence-corrected chi connectivity index (χ4v) is 3.91. The predicted molar refractivity (Wildman–Crippen MR) is 132 cm³/mol. The number of hydrogen-bond donors (Lipinski definition) is 2. The molecule has 2 aliphatic heterocycles. The number of nitrogens with one attached hydrogen (secondary N) is 2. The molecule has 2 fully saturated rings. The number of likely N-dealkylation sites (N-methyl/N-ethyl adjacent to an activating group) is 1. The van der Waals surface area contributed by atoms with Gasteiger partial charge in [0.1, 0.15) is 5.82 Å². The third-order valence-electron chi connectivity index (χ3n) is 5.92. The Bertz CT molecular complexity index is 636. The largest absolute Gasteiger partial charge is 0.354 e. The molecule has 0 amide bonds. The van der Waals surface area contributed by atoms with Gasteiger partial charge in [-0.1, -0.05) is 0 Å². The van der Waals surface area contributed by atoms with Crippen LogP contribution in [0.25, 0.3) is 0 Å². The van der Waals surface area contributed by atoms with Gasteiger partial charge in [0.15, 0.2) is 5.96 Å². The molecule has 0 aromatic carbocycles. The fraction of sp³-hybridized carbons (Fsp3) is 0.714. The van der Waals surface area contributed by atoms with Crippen molar-refractivity contribution in [2.24, 2.45) is 4.99 Å². The number of anilines is 1. The van der Waals surface area contributed by atoms with Crippen molar-refractivity contribution in [1.29, 1.82) is 0 Å². The van der Waals surface area contributed by atoms with Crippen molar-refractivity contribution in [1.82, 2.24) is 25.4 Å². The van der Waals surface area contributed by atoms with E-state index >= 15 is 0 Å². The van der Waals surface area contributed by atoms with Crippen molar-refractivity contribution in [2.75, 3.05) is 58.3 Å². The summed E-state index contributed by atoms with van der Waals surface area (Å²) < 4.78 is 0. The molecule has 2 aliphatic rings. The lowest BCUT2D eigenvalue weighted by Gasteiger charge is -2.35. The van der Waals surface area contributed by atoms with E-state index in [9.17, 15) is 0 Å². The number of hydrogen-bond acceptors (Lipinski definition) is 5.